The highest BCUT2D eigenvalue weighted by Gasteiger charge is 2.12. The van der Waals surface area contributed by atoms with E-state index < -0.39 is 10.0 Å². The molecular formula is C15H15BrN2O3S. The van der Waals surface area contributed by atoms with Crippen LogP contribution in [0.4, 0.5) is 0 Å². The van der Waals surface area contributed by atoms with Gasteiger partial charge in [-0.1, -0.05) is 34.1 Å². The third kappa shape index (κ3) is 4.66. The largest absolute Gasteiger partial charge is 0.351 e. The highest BCUT2D eigenvalue weighted by Crippen LogP contribution is 2.10. The summed E-state index contributed by atoms with van der Waals surface area (Å²) in [7, 11) is -3.54. The molecule has 1 amide bonds. The molecule has 7 heteroatoms. The summed E-state index contributed by atoms with van der Waals surface area (Å²) in [6.07, 6.45) is 0. The minimum Gasteiger partial charge on any atom is -0.351 e. The summed E-state index contributed by atoms with van der Waals surface area (Å²) in [4.78, 5) is 12.0. The summed E-state index contributed by atoms with van der Waals surface area (Å²) in [6, 6.07) is 15.0. The first-order valence-electron chi connectivity index (χ1n) is 6.57. The number of carbonyl (C=O) groups excluding carboxylic acids is 1. The van der Waals surface area contributed by atoms with Crippen LogP contribution >= 0.6 is 15.9 Å². The molecule has 5 nitrogen and oxygen atoms in total. The molecule has 0 aliphatic heterocycles. The van der Waals surface area contributed by atoms with Gasteiger partial charge < -0.3 is 5.32 Å². The third-order valence-corrected chi connectivity index (χ3v) is 4.87. The lowest BCUT2D eigenvalue weighted by Crippen LogP contribution is -2.34. The lowest BCUT2D eigenvalue weighted by molar-refractivity contribution is 0.0954. The molecule has 0 aromatic heterocycles. The zero-order valence-electron chi connectivity index (χ0n) is 11.6. The summed E-state index contributed by atoms with van der Waals surface area (Å²) in [6.45, 7) is 0.334. The van der Waals surface area contributed by atoms with Gasteiger partial charge in [0.05, 0.1) is 4.90 Å². The van der Waals surface area contributed by atoms with Crippen LogP contribution in [0.1, 0.15) is 10.4 Å². The number of hydrogen-bond acceptors (Lipinski definition) is 3. The molecule has 0 aliphatic rings. The second-order valence-corrected chi connectivity index (χ2v) is 7.16. The Hall–Kier alpha value is -1.70. The van der Waals surface area contributed by atoms with Crippen molar-refractivity contribution in [3.63, 3.8) is 0 Å². The molecule has 2 N–H and O–H groups in total. The number of carbonyl (C=O) groups is 1. The first-order chi connectivity index (χ1) is 10.5. The van der Waals surface area contributed by atoms with E-state index >= 15 is 0 Å². The van der Waals surface area contributed by atoms with Crippen LogP contribution in [0, 0.1) is 0 Å². The van der Waals surface area contributed by atoms with E-state index in [1.54, 1.807) is 42.5 Å². The molecule has 2 rings (SSSR count). The molecule has 0 atom stereocenters. The number of halogens is 1. The second kappa shape index (κ2) is 7.53. The number of rotatable bonds is 6. The van der Waals surface area contributed by atoms with Crippen LogP contribution in [0.3, 0.4) is 0 Å². The fourth-order valence-electron chi connectivity index (χ4n) is 1.75. The van der Waals surface area contributed by atoms with Gasteiger partial charge >= 0.3 is 0 Å². The lowest BCUT2D eigenvalue weighted by atomic mass is 10.2. The maximum Gasteiger partial charge on any atom is 0.251 e. The maximum absolute atomic E-state index is 12.0. The van der Waals surface area contributed by atoms with E-state index in [-0.39, 0.29) is 23.9 Å². The van der Waals surface area contributed by atoms with Crippen molar-refractivity contribution >= 4 is 31.9 Å². The summed E-state index contributed by atoms with van der Waals surface area (Å²) in [5.41, 5.74) is 0.522. The van der Waals surface area contributed by atoms with Crippen LogP contribution in [0.2, 0.25) is 0 Å². The van der Waals surface area contributed by atoms with Gasteiger partial charge in [0.15, 0.2) is 0 Å². The molecule has 0 radical (unpaired) electrons. The molecule has 2 aromatic carbocycles. The Morgan fingerprint density at radius 3 is 2.23 bits per heavy atom. The highest BCUT2D eigenvalue weighted by atomic mass is 79.9. The average Bonchev–Trinajstić information content (AvgIpc) is 2.53. The topological polar surface area (TPSA) is 75.3 Å². The van der Waals surface area contributed by atoms with E-state index in [1.165, 1.54) is 12.1 Å². The zero-order chi connectivity index (χ0) is 16.0. The molecular weight excluding hydrogens is 368 g/mol. The van der Waals surface area contributed by atoms with Gasteiger partial charge in [-0.2, -0.15) is 0 Å². The van der Waals surface area contributed by atoms with Crippen LogP contribution in [0.25, 0.3) is 0 Å². The first kappa shape index (κ1) is 16.7. The molecule has 0 saturated carbocycles. The quantitative estimate of drug-likeness (QED) is 0.751. The van der Waals surface area contributed by atoms with Gasteiger partial charge in [0.2, 0.25) is 10.0 Å². The van der Waals surface area contributed by atoms with Crippen molar-refractivity contribution in [2.75, 3.05) is 13.1 Å². The predicted octanol–water partition coefficient (Wildman–Crippen LogP) is 2.16. The van der Waals surface area contributed by atoms with Crippen molar-refractivity contribution < 1.29 is 13.2 Å². The molecule has 0 spiro atoms. The van der Waals surface area contributed by atoms with Gasteiger partial charge in [-0.15, -0.1) is 0 Å². The Morgan fingerprint density at radius 2 is 1.59 bits per heavy atom. The molecule has 116 valence electrons. The smallest absolute Gasteiger partial charge is 0.251 e. The summed E-state index contributed by atoms with van der Waals surface area (Å²) in [5, 5.41) is 2.66. The predicted molar refractivity (Wildman–Crippen MR) is 88.1 cm³/mol. The number of nitrogens with one attached hydrogen (secondary N) is 2. The van der Waals surface area contributed by atoms with Gasteiger partial charge in [-0.25, -0.2) is 13.1 Å². The van der Waals surface area contributed by atoms with Crippen LogP contribution in [-0.4, -0.2) is 27.4 Å². The summed E-state index contributed by atoms with van der Waals surface area (Å²) < 4.78 is 27.2. The van der Waals surface area contributed by atoms with Gasteiger partial charge in [-0.05, 0) is 36.4 Å². The molecule has 0 aliphatic carbocycles. The lowest BCUT2D eigenvalue weighted by Gasteiger charge is -2.08. The number of hydrogen-bond donors (Lipinski definition) is 2. The maximum atomic E-state index is 12.0. The van der Waals surface area contributed by atoms with Crippen molar-refractivity contribution in [3.8, 4) is 0 Å². The minimum absolute atomic E-state index is 0.124. The first-order valence-corrected chi connectivity index (χ1v) is 8.85. The van der Waals surface area contributed by atoms with Crippen LogP contribution in [0.15, 0.2) is 64.0 Å². The van der Waals surface area contributed by atoms with E-state index in [2.05, 4.69) is 26.0 Å². The fraction of sp³-hybridized carbons (Fsp3) is 0.133. The summed E-state index contributed by atoms with van der Waals surface area (Å²) >= 11 is 3.29. The fourth-order valence-corrected chi connectivity index (χ4v) is 3.06. The van der Waals surface area contributed by atoms with E-state index in [1.807, 2.05) is 0 Å². The molecule has 22 heavy (non-hydrogen) atoms. The SMILES string of the molecule is O=C(NCCNS(=O)(=O)c1ccccc1)c1ccc(Br)cc1. The van der Waals surface area contributed by atoms with Crippen molar-refractivity contribution in [2.45, 2.75) is 4.90 Å². The molecule has 0 bridgehead atoms. The van der Waals surface area contributed by atoms with Crippen molar-refractivity contribution in [1.29, 1.82) is 0 Å². The Morgan fingerprint density at radius 1 is 0.955 bits per heavy atom. The number of amides is 1. The van der Waals surface area contributed by atoms with Crippen molar-refractivity contribution in [3.05, 3.63) is 64.6 Å². The molecule has 0 heterocycles. The monoisotopic (exact) mass is 382 g/mol. The number of benzene rings is 2. The minimum atomic E-state index is -3.54. The van der Waals surface area contributed by atoms with Gasteiger partial charge in [-0.3, -0.25) is 4.79 Å². The number of sulfonamides is 1. The van der Waals surface area contributed by atoms with E-state index in [0.29, 0.717) is 5.56 Å². The van der Waals surface area contributed by atoms with Crippen LogP contribution < -0.4 is 10.0 Å². The van der Waals surface area contributed by atoms with Crippen molar-refractivity contribution in [1.82, 2.24) is 10.0 Å². The molecule has 2 aromatic rings. The van der Waals surface area contributed by atoms with Gasteiger partial charge in [0.25, 0.3) is 5.91 Å². The molecule has 0 unspecified atom stereocenters. The van der Waals surface area contributed by atoms with Crippen LogP contribution in [0.5, 0.6) is 0 Å². The normalized spacial score (nSPS) is 11.1. The molecule has 0 fully saturated rings. The van der Waals surface area contributed by atoms with Gasteiger partial charge in [0, 0.05) is 23.1 Å². The van der Waals surface area contributed by atoms with Gasteiger partial charge in [0.1, 0.15) is 0 Å². The Kier molecular flexibility index (Phi) is 5.70. The van der Waals surface area contributed by atoms with Crippen molar-refractivity contribution in [2.24, 2.45) is 0 Å². The highest BCUT2D eigenvalue weighted by molar-refractivity contribution is 9.10. The second-order valence-electron chi connectivity index (χ2n) is 4.47. The average molecular weight is 383 g/mol. The summed E-state index contributed by atoms with van der Waals surface area (Å²) in [5.74, 6) is -0.244. The van der Waals surface area contributed by atoms with E-state index in [4.69, 9.17) is 0 Å². The standard InChI is InChI=1S/C15H15BrN2O3S/c16-13-8-6-12(7-9-13)15(19)17-10-11-18-22(20,21)14-4-2-1-3-5-14/h1-9,18H,10-11H2,(H,17,19). The van der Waals surface area contributed by atoms with Crippen LogP contribution in [-0.2, 0) is 10.0 Å². The zero-order valence-corrected chi connectivity index (χ0v) is 14.0. The molecule has 0 saturated heterocycles. The van der Waals surface area contributed by atoms with E-state index in [0.717, 1.165) is 4.47 Å². The third-order valence-electron chi connectivity index (χ3n) is 2.86. The van der Waals surface area contributed by atoms with E-state index in [9.17, 15) is 13.2 Å². The Labute approximate surface area is 137 Å². The Balaban J connectivity index is 1.82. The Bertz CT molecular complexity index is 731.